The maximum absolute atomic E-state index is 12.2. The summed E-state index contributed by atoms with van der Waals surface area (Å²) in [5.41, 5.74) is 0.526. The topological polar surface area (TPSA) is 66.4 Å². The summed E-state index contributed by atoms with van der Waals surface area (Å²) in [6.45, 7) is 3.56. The van der Waals surface area contributed by atoms with Gasteiger partial charge in [0.25, 0.3) is 5.91 Å². The smallest absolute Gasteiger partial charge is 0.316 e. The Balaban J connectivity index is 2.84. The van der Waals surface area contributed by atoms with Crippen LogP contribution in [0, 0.1) is 0 Å². The number of hydrogen-bond acceptors (Lipinski definition) is 4. The van der Waals surface area contributed by atoms with Gasteiger partial charge >= 0.3 is 5.97 Å². The van der Waals surface area contributed by atoms with Crippen LogP contribution in [0.2, 0.25) is 0 Å². The number of carbonyl (C=O) groups is 2. The summed E-state index contributed by atoms with van der Waals surface area (Å²) in [4.78, 5) is 23.8. The van der Waals surface area contributed by atoms with Crippen molar-refractivity contribution in [1.82, 2.24) is 5.32 Å². The predicted molar refractivity (Wildman–Crippen MR) is 84.7 cm³/mol. The zero-order valence-electron chi connectivity index (χ0n) is 11.8. The molecule has 1 amide bonds. The van der Waals surface area contributed by atoms with Gasteiger partial charge in [0.15, 0.2) is 0 Å². The Kier molecular flexibility index (Phi) is 6.95. The number of aliphatic carboxylic acids is 1. The van der Waals surface area contributed by atoms with E-state index in [0.29, 0.717) is 10.5 Å². The lowest BCUT2D eigenvalue weighted by molar-refractivity contribution is -0.136. The van der Waals surface area contributed by atoms with Crippen LogP contribution >= 0.6 is 23.5 Å². The minimum Gasteiger partial charge on any atom is -0.480 e. The first-order chi connectivity index (χ1) is 9.45. The van der Waals surface area contributed by atoms with Crippen LogP contribution in [-0.4, -0.2) is 40.3 Å². The lowest BCUT2D eigenvalue weighted by Crippen LogP contribution is -2.34. The molecule has 0 bridgehead atoms. The average molecular weight is 313 g/mol. The Labute approximate surface area is 127 Å². The van der Waals surface area contributed by atoms with Gasteiger partial charge in [-0.2, -0.15) is 11.8 Å². The summed E-state index contributed by atoms with van der Waals surface area (Å²) >= 11 is 2.85. The van der Waals surface area contributed by atoms with Gasteiger partial charge in [-0.25, -0.2) is 0 Å². The van der Waals surface area contributed by atoms with Crippen LogP contribution in [0.4, 0.5) is 0 Å². The Morgan fingerprint density at radius 2 is 1.95 bits per heavy atom. The fraction of sp³-hybridized carbons (Fsp3) is 0.429. The fourth-order valence-electron chi connectivity index (χ4n) is 1.59. The van der Waals surface area contributed by atoms with Crippen molar-refractivity contribution in [3.63, 3.8) is 0 Å². The quantitative estimate of drug-likeness (QED) is 0.758. The van der Waals surface area contributed by atoms with E-state index in [2.05, 4.69) is 5.32 Å². The molecule has 2 N–H and O–H groups in total. The molecule has 0 radical (unpaired) electrons. The number of hydrogen-bond donors (Lipinski definition) is 2. The van der Waals surface area contributed by atoms with Gasteiger partial charge in [-0.05, 0) is 32.2 Å². The van der Waals surface area contributed by atoms with Crippen molar-refractivity contribution < 1.29 is 14.7 Å². The van der Waals surface area contributed by atoms with Crippen molar-refractivity contribution in [3.05, 3.63) is 29.8 Å². The molecule has 20 heavy (non-hydrogen) atoms. The van der Waals surface area contributed by atoms with Gasteiger partial charge in [0.05, 0.1) is 5.56 Å². The summed E-state index contributed by atoms with van der Waals surface area (Å²) in [6.07, 6.45) is 1.99. The van der Waals surface area contributed by atoms with E-state index in [0.717, 1.165) is 5.75 Å². The molecule has 0 fully saturated rings. The summed E-state index contributed by atoms with van der Waals surface area (Å²) in [5, 5.41) is 11.3. The highest BCUT2D eigenvalue weighted by molar-refractivity contribution is 8.00. The minimum absolute atomic E-state index is 0.0763. The van der Waals surface area contributed by atoms with Crippen molar-refractivity contribution in [1.29, 1.82) is 0 Å². The molecule has 6 heteroatoms. The number of carboxylic acid groups (broad SMARTS) is 1. The third-order valence-corrected chi connectivity index (χ3v) is 4.58. The molecule has 0 spiro atoms. The number of rotatable bonds is 7. The monoisotopic (exact) mass is 313 g/mol. The van der Waals surface area contributed by atoms with Gasteiger partial charge in [-0.1, -0.05) is 12.1 Å². The summed E-state index contributed by atoms with van der Waals surface area (Å²) in [7, 11) is 0. The molecule has 4 nitrogen and oxygen atoms in total. The SMILES string of the molecule is CSCC(C)NC(=O)c1ccccc1SC(C)C(=O)O. The zero-order valence-corrected chi connectivity index (χ0v) is 13.4. The van der Waals surface area contributed by atoms with Crippen LogP contribution in [0.25, 0.3) is 0 Å². The van der Waals surface area contributed by atoms with Gasteiger partial charge in [0, 0.05) is 16.7 Å². The molecule has 110 valence electrons. The Hall–Kier alpha value is -1.14. The molecule has 2 unspecified atom stereocenters. The lowest BCUT2D eigenvalue weighted by atomic mass is 10.2. The number of amides is 1. The summed E-state index contributed by atoms with van der Waals surface area (Å²) in [5.74, 6) is -0.208. The molecule has 0 aromatic heterocycles. The molecular formula is C14H19NO3S2. The summed E-state index contributed by atoms with van der Waals surface area (Å²) in [6, 6.07) is 7.16. The van der Waals surface area contributed by atoms with Gasteiger partial charge in [0.2, 0.25) is 0 Å². The Morgan fingerprint density at radius 1 is 1.30 bits per heavy atom. The second-order valence-electron chi connectivity index (χ2n) is 4.42. The largest absolute Gasteiger partial charge is 0.480 e. The van der Waals surface area contributed by atoms with Crippen LogP contribution in [-0.2, 0) is 4.79 Å². The minimum atomic E-state index is -0.888. The standard InChI is InChI=1S/C14H19NO3S2/c1-9(8-19-3)15-13(16)11-6-4-5-7-12(11)20-10(2)14(17)18/h4-7,9-10H,8H2,1-3H3,(H,15,16)(H,17,18). The lowest BCUT2D eigenvalue weighted by Gasteiger charge is -2.15. The molecular weight excluding hydrogens is 294 g/mol. The maximum atomic E-state index is 12.2. The van der Waals surface area contributed by atoms with E-state index in [1.54, 1.807) is 43.0 Å². The fourth-order valence-corrected chi connectivity index (χ4v) is 3.10. The predicted octanol–water partition coefficient (Wildman–Crippen LogP) is 2.73. The molecule has 2 atom stereocenters. The van der Waals surface area contributed by atoms with Crippen molar-refractivity contribution in [2.45, 2.75) is 30.0 Å². The average Bonchev–Trinajstić information content (AvgIpc) is 2.39. The van der Waals surface area contributed by atoms with Gasteiger partial charge in [-0.15, -0.1) is 11.8 Å². The second-order valence-corrected chi connectivity index (χ2v) is 6.72. The van der Waals surface area contributed by atoms with E-state index >= 15 is 0 Å². The molecule has 0 aliphatic carbocycles. The number of benzene rings is 1. The van der Waals surface area contributed by atoms with Crippen LogP contribution in [0.1, 0.15) is 24.2 Å². The highest BCUT2D eigenvalue weighted by Gasteiger charge is 2.18. The Bertz CT molecular complexity index is 479. The van der Waals surface area contributed by atoms with E-state index < -0.39 is 11.2 Å². The van der Waals surface area contributed by atoms with Crippen molar-refractivity contribution in [2.24, 2.45) is 0 Å². The third kappa shape index (κ3) is 5.09. The first-order valence-electron chi connectivity index (χ1n) is 6.24. The molecule has 0 aliphatic rings. The molecule has 0 aliphatic heterocycles. The maximum Gasteiger partial charge on any atom is 0.316 e. The molecule has 1 rings (SSSR count). The first-order valence-corrected chi connectivity index (χ1v) is 8.51. The highest BCUT2D eigenvalue weighted by atomic mass is 32.2. The number of thioether (sulfide) groups is 2. The number of carbonyl (C=O) groups excluding carboxylic acids is 1. The van der Waals surface area contributed by atoms with E-state index in [1.807, 2.05) is 13.2 Å². The second kappa shape index (κ2) is 8.21. The van der Waals surface area contributed by atoms with E-state index in [1.165, 1.54) is 11.8 Å². The third-order valence-electron chi connectivity index (χ3n) is 2.58. The summed E-state index contributed by atoms with van der Waals surface area (Å²) < 4.78 is 0. The molecule has 0 heterocycles. The van der Waals surface area contributed by atoms with Crippen molar-refractivity contribution in [3.8, 4) is 0 Å². The van der Waals surface area contributed by atoms with E-state index in [-0.39, 0.29) is 11.9 Å². The van der Waals surface area contributed by atoms with Gasteiger partial charge < -0.3 is 10.4 Å². The van der Waals surface area contributed by atoms with Crippen molar-refractivity contribution >= 4 is 35.4 Å². The first kappa shape index (κ1) is 16.9. The molecule has 1 aromatic rings. The van der Waals surface area contributed by atoms with Gasteiger partial charge in [0.1, 0.15) is 5.25 Å². The molecule has 1 aromatic carbocycles. The van der Waals surface area contributed by atoms with Crippen LogP contribution in [0.15, 0.2) is 29.2 Å². The normalized spacial score (nSPS) is 13.6. The Morgan fingerprint density at radius 3 is 2.55 bits per heavy atom. The van der Waals surface area contributed by atoms with Crippen molar-refractivity contribution in [2.75, 3.05) is 12.0 Å². The zero-order chi connectivity index (χ0) is 15.1. The van der Waals surface area contributed by atoms with Crippen LogP contribution < -0.4 is 5.32 Å². The van der Waals surface area contributed by atoms with Crippen LogP contribution in [0.5, 0.6) is 0 Å². The molecule has 0 saturated carbocycles. The molecule has 0 saturated heterocycles. The number of nitrogens with one attached hydrogen (secondary N) is 1. The number of carboxylic acids is 1. The van der Waals surface area contributed by atoms with E-state index in [4.69, 9.17) is 5.11 Å². The highest BCUT2D eigenvalue weighted by Crippen LogP contribution is 2.27. The van der Waals surface area contributed by atoms with Crippen LogP contribution in [0.3, 0.4) is 0 Å². The van der Waals surface area contributed by atoms with Gasteiger partial charge in [-0.3, -0.25) is 9.59 Å². The van der Waals surface area contributed by atoms with E-state index in [9.17, 15) is 9.59 Å².